The Hall–Kier alpha value is -0.670. The van der Waals surface area contributed by atoms with Crippen molar-refractivity contribution in [3.05, 3.63) is 0 Å². The molecule has 5 heteroatoms. The third-order valence-corrected chi connectivity index (χ3v) is 4.59. The van der Waals surface area contributed by atoms with Gasteiger partial charge in [-0.3, -0.25) is 5.32 Å². The van der Waals surface area contributed by atoms with Crippen LogP contribution in [0, 0.1) is 11.3 Å². The summed E-state index contributed by atoms with van der Waals surface area (Å²) in [7, 11) is 0. The molecule has 3 aliphatic rings. The Morgan fingerprint density at radius 1 is 1.11 bits per heavy atom. The topological polar surface area (TPSA) is 63.5 Å². The summed E-state index contributed by atoms with van der Waals surface area (Å²) < 4.78 is 17.0. The van der Waals surface area contributed by atoms with Gasteiger partial charge in [0.1, 0.15) is 5.54 Å². The maximum atomic E-state index is 9.51. The lowest BCUT2D eigenvalue weighted by Crippen LogP contribution is -2.53. The number of nitrogens with one attached hydrogen (secondary N) is 1. The van der Waals surface area contributed by atoms with Gasteiger partial charge in [0.2, 0.25) is 0 Å². The molecule has 3 fully saturated rings. The molecule has 0 aromatic heterocycles. The van der Waals surface area contributed by atoms with Crippen LogP contribution in [-0.2, 0) is 14.2 Å². The third-order valence-electron chi connectivity index (χ3n) is 4.59. The number of rotatable bonds is 3. The molecule has 0 radical (unpaired) electrons. The Bertz CT molecular complexity index is 339. The molecule has 2 heterocycles. The fourth-order valence-electron chi connectivity index (χ4n) is 3.29. The van der Waals surface area contributed by atoms with E-state index in [-0.39, 0.29) is 6.10 Å². The first-order chi connectivity index (χ1) is 9.26. The van der Waals surface area contributed by atoms with Gasteiger partial charge in [0.05, 0.1) is 25.4 Å². The SMILES string of the molecule is N#CC1(NCC2CCCO2)CCC2(CC1)OCCO2. The Morgan fingerprint density at radius 2 is 1.84 bits per heavy atom. The Labute approximate surface area is 114 Å². The van der Waals surface area contributed by atoms with E-state index >= 15 is 0 Å². The van der Waals surface area contributed by atoms with Crippen LogP contribution in [0.3, 0.4) is 0 Å². The van der Waals surface area contributed by atoms with Crippen molar-refractivity contribution in [2.24, 2.45) is 0 Å². The van der Waals surface area contributed by atoms with Gasteiger partial charge >= 0.3 is 0 Å². The number of hydrogen-bond acceptors (Lipinski definition) is 5. The summed E-state index contributed by atoms with van der Waals surface area (Å²) in [6.45, 7) is 3.00. The highest BCUT2D eigenvalue weighted by Crippen LogP contribution is 2.40. The highest BCUT2D eigenvalue weighted by Gasteiger charge is 2.46. The quantitative estimate of drug-likeness (QED) is 0.835. The molecule has 0 aromatic carbocycles. The lowest BCUT2D eigenvalue weighted by Gasteiger charge is -2.40. The maximum Gasteiger partial charge on any atom is 0.168 e. The van der Waals surface area contributed by atoms with Crippen molar-refractivity contribution >= 4 is 0 Å². The first-order valence-corrected chi connectivity index (χ1v) is 7.32. The van der Waals surface area contributed by atoms with E-state index in [1.165, 1.54) is 0 Å². The zero-order chi connectivity index (χ0) is 13.2. The summed E-state index contributed by atoms with van der Waals surface area (Å²) in [5, 5.41) is 12.9. The van der Waals surface area contributed by atoms with Crippen molar-refractivity contribution in [1.29, 1.82) is 5.26 Å². The minimum Gasteiger partial charge on any atom is -0.377 e. The van der Waals surface area contributed by atoms with Crippen LogP contribution in [0.15, 0.2) is 0 Å². The van der Waals surface area contributed by atoms with E-state index in [1.54, 1.807) is 0 Å². The number of hydrogen-bond donors (Lipinski definition) is 1. The van der Waals surface area contributed by atoms with E-state index in [4.69, 9.17) is 14.2 Å². The summed E-state index contributed by atoms with van der Waals surface area (Å²) >= 11 is 0. The smallest absolute Gasteiger partial charge is 0.168 e. The number of ether oxygens (including phenoxy) is 3. The van der Waals surface area contributed by atoms with Gasteiger partial charge in [0, 0.05) is 26.0 Å². The molecule has 0 bridgehead atoms. The molecular formula is C14H22N2O3. The average molecular weight is 266 g/mol. The molecule has 19 heavy (non-hydrogen) atoms. The Balaban J connectivity index is 1.54. The molecule has 1 N–H and O–H groups in total. The van der Waals surface area contributed by atoms with Crippen LogP contribution < -0.4 is 5.32 Å². The van der Waals surface area contributed by atoms with Gasteiger partial charge in [-0.1, -0.05) is 0 Å². The Kier molecular flexibility index (Phi) is 3.77. The second-order valence-corrected chi connectivity index (χ2v) is 5.82. The van der Waals surface area contributed by atoms with Gasteiger partial charge in [-0.2, -0.15) is 5.26 Å². The average Bonchev–Trinajstić information content (AvgIpc) is 3.11. The van der Waals surface area contributed by atoms with Gasteiger partial charge in [0.15, 0.2) is 5.79 Å². The zero-order valence-electron chi connectivity index (χ0n) is 11.3. The summed E-state index contributed by atoms with van der Waals surface area (Å²) in [5.74, 6) is -0.397. The van der Waals surface area contributed by atoms with Crippen molar-refractivity contribution in [1.82, 2.24) is 5.32 Å². The van der Waals surface area contributed by atoms with E-state index in [0.717, 1.165) is 51.7 Å². The van der Waals surface area contributed by atoms with E-state index < -0.39 is 11.3 Å². The molecule has 5 nitrogen and oxygen atoms in total. The van der Waals surface area contributed by atoms with Crippen LogP contribution in [0.4, 0.5) is 0 Å². The fourth-order valence-corrected chi connectivity index (χ4v) is 3.29. The van der Waals surface area contributed by atoms with Gasteiger partial charge < -0.3 is 14.2 Å². The normalized spacial score (nSPS) is 32.5. The van der Waals surface area contributed by atoms with Crippen molar-refractivity contribution in [3.8, 4) is 6.07 Å². The molecule has 2 saturated heterocycles. The van der Waals surface area contributed by atoms with E-state index in [1.807, 2.05) is 0 Å². The molecule has 1 aliphatic carbocycles. The van der Waals surface area contributed by atoms with Gasteiger partial charge in [-0.25, -0.2) is 0 Å². The van der Waals surface area contributed by atoms with Crippen molar-refractivity contribution in [2.45, 2.75) is 56.0 Å². The van der Waals surface area contributed by atoms with Crippen molar-refractivity contribution < 1.29 is 14.2 Å². The van der Waals surface area contributed by atoms with Crippen molar-refractivity contribution in [2.75, 3.05) is 26.4 Å². The monoisotopic (exact) mass is 266 g/mol. The molecule has 106 valence electrons. The predicted molar refractivity (Wildman–Crippen MR) is 68.4 cm³/mol. The van der Waals surface area contributed by atoms with Crippen LogP contribution >= 0.6 is 0 Å². The summed E-state index contributed by atoms with van der Waals surface area (Å²) in [5.41, 5.74) is -0.424. The van der Waals surface area contributed by atoms with E-state index in [9.17, 15) is 5.26 Å². The summed E-state index contributed by atoms with van der Waals surface area (Å²) in [6.07, 6.45) is 5.70. The molecule has 0 amide bonds. The predicted octanol–water partition coefficient (Wildman–Crippen LogP) is 1.33. The molecule has 3 rings (SSSR count). The standard InChI is InChI=1S/C14H22N2O3/c15-11-13(16-10-12-2-1-7-17-12)3-5-14(6-4-13)18-8-9-19-14/h12,16H,1-10H2. The number of nitrogens with zero attached hydrogens (tertiary/aromatic N) is 1. The summed E-state index contributed by atoms with van der Waals surface area (Å²) in [4.78, 5) is 0. The van der Waals surface area contributed by atoms with Crippen LogP contribution in [-0.4, -0.2) is 43.8 Å². The lowest BCUT2D eigenvalue weighted by atomic mass is 9.79. The van der Waals surface area contributed by atoms with Gasteiger partial charge in [-0.05, 0) is 25.7 Å². The van der Waals surface area contributed by atoms with Gasteiger partial charge in [0.25, 0.3) is 0 Å². The van der Waals surface area contributed by atoms with Crippen LogP contribution in [0.2, 0.25) is 0 Å². The highest BCUT2D eigenvalue weighted by atomic mass is 16.7. The highest BCUT2D eigenvalue weighted by molar-refractivity contribution is 5.11. The molecule has 1 unspecified atom stereocenters. The maximum absolute atomic E-state index is 9.51. The second-order valence-electron chi connectivity index (χ2n) is 5.82. The molecule has 1 spiro atoms. The minimum absolute atomic E-state index is 0.278. The molecule has 1 saturated carbocycles. The lowest BCUT2D eigenvalue weighted by molar-refractivity contribution is -0.183. The Morgan fingerprint density at radius 3 is 2.42 bits per heavy atom. The first kappa shape index (κ1) is 13.3. The van der Waals surface area contributed by atoms with Crippen LogP contribution in [0.25, 0.3) is 0 Å². The molecule has 0 aromatic rings. The largest absolute Gasteiger partial charge is 0.377 e. The third kappa shape index (κ3) is 2.77. The second kappa shape index (κ2) is 5.37. The van der Waals surface area contributed by atoms with E-state index in [0.29, 0.717) is 13.2 Å². The molecule has 2 aliphatic heterocycles. The fraction of sp³-hybridized carbons (Fsp3) is 0.929. The van der Waals surface area contributed by atoms with Crippen LogP contribution in [0.5, 0.6) is 0 Å². The van der Waals surface area contributed by atoms with Crippen LogP contribution in [0.1, 0.15) is 38.5 Å². The van der Waals surface area contributed by atoms with E-state index in [2.05, 4.69) is 11.4 Å². The molecular weight excluding hydrogens is 244 g/mol. The van der Waals surface area contributed by atoms with Crippen molar-refractivity contribution in [3.63, 3.8) is 0 Å². The zero-order valence-corrected chi connectivity index (χ0v) is 11.3. The molecule has 1 atom stereocenters. The van der Waals surface area contributed by atoms with Gasteiger partial charge in [-0.15, -0.1) is 0 Å². The first-order valence-electron chi connectivity index (χ1n) is 7.32. The number of nitriles is 1. The summed E-state index contributed by atoms with van der Waals surface area (Å²) in [6, 6.07) is 2.47. The minimum atomic E-state index is -0.424.